The predicted molar refractivity (Wildman–Crippen MR) is 66.9 cm³/mol. The van der Waals surface area contributed by atoms with E-state index in [-0.39, 0.29) is 0 Å². The van der Waals surface area contributed by atoms with Gasteiger partial charge < -0.3 is 0 Å². The van der Waals surface area contributed by atoms with Crippen molar-refractivity contribution >= 4 is 19.1 Å². The largest absolute Gasteiger partial charge is 0.405 e. The molecule has 0 atom stereocenters. The second-order valence-corrected chi connectivity index (χ2v) is 5.93. The Morgan fingerprint density at radius 3 is 2.56 bits per heavy atom. The molecule has 16 heavy (non-hydrogen) atoms. The summed E-state index contributed by atoms with van der Waals surface area (Å²) in [5.74, 6) is 0. The molecule has 1 aromatic heterocycles. The molecule has 92 valence electrons. The van der Waals surface area contributed by atoms with Crippen LogP contribution in [0.25, 0.3) is 0 Å². The number of hydrogen-bond donors (Lipinski definition) is 1. The predicted octanol–water partition coefficient (Wildman–Crippen LogP) is 3.06. The van der Waals surface area contributed by atoms with E-state index >= 15 is 0 Å². The highest BCUT2D eigenvalue weighted by molar-refractivity contribution is 7.51. The third-order valence-electron chi connectivity index (χ3n) is 1.86. The lowest BCUT2D eigenvalue weighted by Crippen LogP contribution is -2.17. The lowest BCUT2D eigenvalue weighted by Gasteiger charge is -2.17. The van der Waals surface area contributed by atoms with Gasteiger partial charge in [-0.15, -0.1) is 11.3 Å². The second kappa shape index (κ2) is 7.20. The van der Waals surface area contributed by atoms with Crippen LogP contribution < -0.4 is 5.09 Å². The summed E-state index contributed by atoms with van der Waals surface area (Å²) in [6, 6.07) is 4.06. The van der Waals surface area contributed by atoms with Crippen molar-refractivity contribution < 1.29 is 13.6 Å². The fraction of sp³-hybridized carbons (Fsp3) is 0.600. The van der Waals surface area contributed by atoms with Gasteiger partial charge in [-0.3, -0.25) is 9.05 Å². The molecule has 0 saturated carbocycles. The minimum atomic E-state index is -3.08. The third kappa shape index (κ3) is 4.76. The first-order valence-electron chi connectivity index (χ1n) is 5.37. The first-order chi connectivity index (χ1) is 7.70. The summed E-state index contributed by atoms with van der Waals surface area (Å²) in [6.45, 7) is 4.95. The van der Waals surface area contributed by atoms with Crippen LogP contribution in [0.1, 0.15) is 18.7 Å². The van der Waals surface area contributed by atoms with Crippen LogP contribution in [0.15, 0.2) is 17.5 Å². The SMILES string of the molecule is CCOP(=O)(NCCc1cccs1)OCC. The van der Waals surface area contributed by atoms with Gasteiger partial charge >= 0.3 is 7.75 Å². The molecule has 0 radical (unpaired) electrons. The summed E-state index contributed by atoms with van der Waals surface area (Å²) in [5.41, 5.74) is 0. The maximum atomic E-state index is 12.0. The van der Waals surface area contributed by atoms with Gasteiger partial charge in [0.25, 0.3) is 0 Å². The zero-order valence-electron chi connectivity index (χ0n) is 9.64. The maximum Gasteiger partial charge on any atom is 0.405 e. The molecule has 1 heterocycles. The quantitative estimate of drug-likeness (QED) is 0.732. The molecule has 0 fully saturated rings. The fourth-order valence-electron chi connectivity index (χ4n) is 1.24. The van der Waals surface area contributed by atoms with Crippen LogP contribution in [0.5, 0.6) is 0 Å². The van der Waals surface area contributed by atoms with E-state index in [1.165, 1.54) is 4.88 Å². The lowest BCUT2D eigenvalue weighted by atomic mass is 10.3. The highest BCUT2D eigenvalue weighted by Gasteiger charge is 2.22. The normalized spacial score (nSPS) is 11.9. The van der Waals surface area contributed by atoms with Crippen molar-refractivity contribution in [3.63, 3.8) is 0 Å². The van der Waals surface area contributed by atoms with Crippen LogP contribution in [-0.2, 0) is 20.0 Å². The fourth-order valence-corrected chi connectivity index (χ4v) is 3.27. The molecule has 0 aromatic carbocycles. The van der Waals surface area contributed by atoms with E-state index in [0.717, 1.165) is 6.42 Å². The van der Waals surface area contributed by atoms with Crippen molar-refractivity contribution in [1.82, 2.24) is 5.09 Å². The van der Waals surface area contributed by atoms with E-state index in [4.69, 9.17) is 9.05 Å². The minimum Gasteiger partial charge on any atom is -0.297 e. The van der Waals surface area contributed by atoms with Gasteiger partial charge in [-0.25, -0.2) is 9.65 Å². The molecule has 0 aliphatic carbocycles. The van der Waals surface area contributed by atoms with Gasteiger partial charge in [0.1, 0.15) is 0 Å². The van der Waals surface area contributed by atoms with Crippen molar-refractivity contribution in [1.29, 1.82) is 0 Å². The zero-order chi connectivity index (χ0) is 11.9. The molecule has 0 aliphatic rings. The Morgan fingerprint density at radius 1 is 1.38 bits per heavy atom. The molecule has 0 saturated heterocycles. The first-order valence-corrected chi connectivity index (χ1v) is 7.79. The van der Waals surface area contributed by atoms with Crippen molar-refractivity contribution in [3.05, 3.63) is 22.4 Å². The number of thiophene rings is 1. The Balaban J connectivity index is 2.35. The smallest absolute Gasteiger partial charge is 0.297 e. The maximum absolute atomic E-state index is 12.0. The molecule has 1 aromatic rings. The van der Waals surface area contributed by atoms with Gasteiger partial charge in [0, 0.05) is 11.4 Å². The Hall–Kier alpha value is -0.190. The molecule has 1 rings (SSSR count). The second-order valence-electron chi connectivity index (χ2n) is 3.07. The van der Waals surface area contributed by atoms with Crippen LogP contribution in [-0.4, -0.2) is 19.8 Å². The standard InChI is InChI=1S/C10H18NO3PS/c1-3-13-15(12,14-4-2)11-8-7-10-6-5-9-16-10/h5-6,9H,3-4,7-8H2,1-2H3,(H,11,12). The molecular formula is C10H18NO3PS. The van der Waals surface area contributed by atoms with Crippen LogP contribution in [0.3, 0.4) is 0 Å². The number of hydrogen-bond acceptors (Lipinski definition) is 4. The number of nitrogens with one attached hydrogen (secondary N) is 1. The van der Waals surface area contributed by atoms with Gasteiger partial charge in [-0.05, 0) is 31.7 Å². The van der Waals surface area contributed by atoms with Crippen LogP contribution in [0.4, 0.5) is 0 Å². The molecule has 0 amide bonds. The molecule has 0 bridgehead atoms. The van der Waals surface area contributed by atoms with Crippen molar-refractivity contribution in [2.45, 2.75) is 20.3 Å². The Labute approximate surface area is 101 Å². The minimum absolute atomic E-state index is 0.378. The zero-order valence-corrected chi connectivity index (χ0v) is 11.4. The van der Waals surface area contributed by atoms with Crippen LogP contribution >= 0.6 is 19.1 Å². The summed E-state index contributed by atoms with van der Waals surface area (Å²) in [5, 5.41) is 4.88. The molecule has 1 N–H and O–H groups in total. The average molecular weight is 263 g/mol. The monoisotopic (exact) mass is 263 g/mol. The topological polar surface area (TPSA) is 47.6 Å². The summed E-state index contributed by atoms with van der Waals surface area (Å²) >= 11 is 1.69. The van der Waals surface area contributed by atoms with Gasteiger partial charge in [0.2, 0.25) is 0 Å². The summed E-state index contributed by atoms with van der Waals surface area (Å²) in [6.07, 6.45) is 0.835. The number of rotatable bonds is 8. The first kappa shape index (κ1) is 13.9. The Morgan fingerprint density at radius 2 is 2.06 bits per heavy atom. The van der Waals surface area contributed by atoms with Crippen molar-refractivity contribution in [2.75, 3.05) is 19.8 Å². The summed E-state index contributed by atoms with van der Waals surface area (Å²) < 4.78 is 22.2. The van der Waals surface area contributed by atoms with E-state index in [1.54, 1.807) is 25.2 Å². The molecular weight excluding hydrogens is 245 g/mol. The molecule has 6 heteroatoms. The highest BCUT2D eigenvalue weighted by atomic mass is 32.1. The van der Waals surface area contributed by atoms with Crippen molar-refractivity contribution in [2.24, 2.45) is 0 Å². The van der Waals surface area contributed by atoms with E-state index in [9.17, 15) is 4.57 Å². The Kier molecular flexibility index (Phi) is 6.24. The lowest BCUT2D eigenvalue weighted by molar-refractivity contribution is 0.211. The molecule has 0 spiro atoms. The van der Waals surface area contributed by atoms with Gasteiger partial charge in [-0.1, -0.05) is 6.07 Å². The van der Waals surface area contributed by atoms with E-state index in [1.807, 2.05) is 11.4 Å². The summed E-state index contributed by atoms with van der Waals surface area (Å²) in [7, 11) is -3.08. The highest BCUT2D eigenvalue weighted by Crippen LogP contribution is 2.43. The molecule has 4 nitrogen and oxygen atoms in total. The average Bonchev–Trinajstić information content (AvgIpc) is 2.71. The molecule has 0 aliphatic heterocycles. The Bertz CT molecular complexity index is 319. The van der Waals surface area contributed by atoms with Crippen LogP contribution in [0, 0.1) is 0 Å². The third-order valence-corrected chi connectivity index (χ3v) is 4.60. The van der Waals surface area contributed by atoms with Gasteiger partial charge in [0.15, 0.2) is 0 Å². The van der Waals surface area contributed by atoms with E-state index in [0.29, 0.717) is 19.8 Å². The molecule has 0 unspecified atom stereocenters. The van der Waals surface area contributed by atoms with Gasteiger partial charge in [0.05, 0.1) is 13.2 Å². The van der Waals surface area contributed by atoms with Gasteiger partial charge in [-0.2, -0.15) is 0 Å². The van der Waals surface area contributed by atoms with Crippen LogP contribution in [0.2, 0.25) is 0 Å². The van der Waals surface area contributed by atoms with E-state index < -0.39 is 7.75 Å². The summed E-state index contributed by atoms with van der Waals surface area (Å²) in [4.78, 5) is 1.26. The van der Waals surface area contributed by atoms with E-state index in [2.05, 4.69) is 11.2 Å². The van der Waals surface area contributed by atoms with Crippen molar-refractivity contribution in [3.8, 4) is 0 Å².